The summed E-state index contributed by atoms with van der Waals surface area (Å²) in [7, 11) is 0. The van der Waals surface area contributed by atoms with Gasteiger partial charge in [-0.15, -0.1) is 0 Å². The first kappa shape index (κ1) is 14.4. The minimum absolute atomic E-state index is 0.236. The molecule has 2 heterocycles. The van der Waals surface area contributed by atoms with Crippen molar-refractivity contribution in [2.75, 3.05) is 13.1 Å². The number of carbonyl (C=O) groups excluding carboxylic acids is 1. The standard InChI is InChI=1S/C16H18N2O4/c1-16(14(19)20)6-7-18(10-16)15(21)17-8-11-9-22-13-5-3-2-4-12(11)13/h2-5,9H,6-8,10H2,1H3,(H,17,21)(H,19,20). The van der Waals surface area contributed by atoms with Gasteiger partial charge in [0.25, 0.3) is 0 Å². The van der Waals surface area contributed by atoms with Crippen LogP contribution in [0.4, 0.5) is 4.79 Å². The number of nitrogens with one attached hydrogen (secondary N) is 1. The summed E-state index contributed by atoms with van der Waals surface area (Å²) in [5.74, 6) is -0.858. The maximum absolute atomic E-state index is 12.2. The third kappa shape index (κ3) is 2.52. The third-order valence-electron chi connectivity index (χ3n) is 4.27. The highest BCUT2D eigenvalue weighted by molar-refractivity contribution is 5.82. The molecule has 1 aromatic carbocycles. The number of likely N-dealkylation sites (tertiary alicyclic amines) is 1. The van der Waals surface area contributed by atoms with E-state index in [2.05, 4.69) is 5.32 Å². The van der Waals surface area contributed by atoms with Crippen LogP contribution in [0.5, 0.6) is 0 Å². The molecule has 0 saturated carbocycles. The summed E-state index contributed by atoms with van der Waals surface area (Å²) in [6.07, 6.45) is 2.11. The molecule has 1 aromatic heterocycles. The van der Waals surface area contributed by atoms with Crippen LogP contribution in [-0.2, 0) is 11.3 Å². The highest BCUT2D eigenvalue weighted by atomic mass is 16.4. The summed E-state index contributed by atoms with van der Waals surface area (Å²) >= 11 is 0. The Morgan fingerprint density at radius 2 is 2.18 bits per heavy atom. The van der Waals surface area contributed by atoms with Crippen molar-refractivity contribution in [3.05, 3.63) is 36.1 Å². The van der Waals surface area contributed by atoms with Gasteiger partial charge in [0.15, 0.2) is 0 Å². The molecule has 1 aliphatic rings. The Kier molecular flexibility index (Phi) is 3.52. The van der Waals surface area contributed by atoms with E-state index in [4.69, 9.17) is 4.42 Å². The van der Waals surface area contributed by atoms with E-state index < -0.39 is 11.4 Å². The van der Waals surface area contributed by atoms with Crippen molar-refractivity contribution < 1.29 is 19.1 Å². The van der Waals surface area contributed by atoms with Crippen molar-refractivity contribution >= 4 is 23.0 Å². The number of rotatable bonds is 3. The number of furan rings is 1. The van der Waals surface area contributed by atoms with E-state index in [1.54, 1.807) is 18.1 Å². The van der Waals surface area contributed by atoms with E-state index in [0.717, 1.165) is 16.5 Å². The lowest BCUT2D eigenvalue weighted by atomic mass is 9.90. The molecule has 2 N–H and O–H groups in total. The molecule has 6 heteroatoms. The SMILES string of the molecule is CC1(C(=O)O)CCN(C(=O)NCc2coc3ccccc23)C1. The second kappa shape index (κ2) is 5.36. The van der Waals surface area contributed by atoms with Crippen LogP contribution in [0.2, 0.25) is 0 Å². The van der Waals surface area contributed by atoms with Gasteiger partial charge in [-0.1, -0.05) is 18.2 Å². The van der Waals surface area contributed by atoms with Crippen molar-refractivity contribution in [2.45, 2.75) is 19.9 Å². The molecule has 1 saturated heterocycles. The lowest BCUT2D eigenvalue weighted by Crippen LogP contribution is -2.40. The number of amides is 2. The maximum Gasteiger partial charge on any atom is 0.317 e. The Bertz CT molecular complexity index is 724. The van der Waals surface area contributed by atoms with E-state index in [0.29, 0.717) is 19.5 Å². The van der Waals surface area contributed by atoms with Gasteiger partial charge in [-0.3, -0.25) is 4.79 Å². The zero-order valence-electron chi connectivity index (χ0n) is 12.3. The molecule has 3 rings (SSSR count). The molecule has 0 aliphatic carbocycles. The van der Waals surface area contributed by atoms with E-state index in [9.17, 15) is 14.7 Å². The molecule has 22 heavy (non-hydrogen) atoms. The molecule has 0 radical (unpaired) electrons. The Morgan fingerprint density at radius 3 is 2.91 bits per heavy atom. The van der Waals surface area contributed by atoms with Crippen molar-refractivity contribution in [1.29, 1.82) is 0 Å². The molecule has 116 valence electrons. The third-order valence-corrected chi connectivity index (χ3v) is 4.27. The van der Waals surface area contributed by atoms with Gasteiger partial charge in [0.2, 0.25) is 0 Å². The van der Waals surface area contributed by atoms with Gasteiger partial charge in [-0.05, 0) is 19.4 Å². The van der Waals surface area contributed by atoms with Crippen LogP contribution in [0, 0.1) is 5.41 Å². The number of hydrogen-bond donors (Lipinski definition) is 2. The topological polar surface area (TPSA) is 82.8 Å². The Labute approximate surface area is 127 Å². The van der Waals surface area contributed by atoms with E-state index in [-0.39, 0.29) is 12.6 Å². The highest BCUT2D eigenvalue weighted by Crippen LogP contribution is 2.30. The Morgan fingerprint density at radius 1 is 1.41 bits per heavy atom. The average molecular weight is 302 g/mol. The Balaban J connectivity index is 1.63. The first-order valence-corrected chi connectivity index (χ1v) is 7.21. The average Bonchev–Trinajstić information content (AvgIpc) is 3.10. The number of para-hydroxylation sites is 1. The minimum atomic E-state index is -0.858. The second-order valence-electron chi connectivity index (χ2n) is 5.95. The molecule has 1 aliphatic heterocycles. The fourth-order valence-corrected chi connectivity index (χ4v) is 2.76. The lowest BCUT2D eigenvalue weighted by Gasteiger charge is -2.20. The van der Waals surface area contributed by atoms with Crippen molar-refractivity contribution in [3.8, 4) is 0 Å². The lowest BCUT2D eigenvalue weighted by molar-refractivity contribution is -0.146. The summed E-state index contributed by atoms with van der Waals surface area (Å²) < 4.78 is 5.43. The molecule has 0 spiro atoms. The van der Waals surface area contributed by atoms with Gasteiger partial charge in [0.1, 0.15) is 5.58 Å². The smallest absolute Gasteiger partial charge is 0.317 e. The fourth-order valence-electron chi connectivity index (χ4n) is 2.76. The molecule has 1 unspecified atom stereocenters. The molecule has 6 nitrogen and oxygen atoms in total. The van der Waals surface area contributed by atoms with Crippen LogP contribution in [0.15, 0.2) is 34.9 Å². The van der Waals surface area contributed by atoms with Gasteiger partial charge in [0, 0.05) is 30.6 Å². The quantitative estimate of drug-likeness (QED) is 0.912. The van der Waals surface area contributed by atoms with E-state index >= 15 is 0 Å². The molecular formula is C16H18N2O4. The number of hydrogen-bond acceptors (Lipinski definition) is 3. The van der Waals surface area contributed by atoms with Gasteiger partial charge in [-0.25, -0.2) is 4.79 Å². The normalized spacial score (nSPS) is 21.2. The molecule has 1 fully saturated rings. The first-order chi connectivity index (χ1) is 10.5. The van der Waals surface area contributed by atoms with E-state index in [1.807, 2.05) is 24.3 Å². The number of carboxylic acid groups (broad SMARTS) is 1. The summed E-state index contributed by atoms with van der Waals surface area (Å²) in [6.45, 7) is 2.73. The van der Waals surface area contributed by atoms with Gasteiger partial charge >= 0.3 is 12.0 Å². The molecular weight excluding hydrogens is 284 g/mol. The fraction of sp³-hybridized carbons (Fsp3) is 0.375. The minimum Gasteiger partial charge on any atom is -0.481 e. The van der Waals surface area contributed by atoms with Crippen LogP contribution in [0.1, 0.15) is 18.9 Å². The van der Waals surface area contributed by atoms with Crippen LogP contribution in [0.3, 0.4) is 0 Å². The first-order valence-electron chi connectivity index (χ1n) is 7.21. The number of nitrogens with zero attached hydrogens (tertiary/aromatic N) is 1. The summed E-state index contributed by atoms with van der Waals surface area (Å²) in [5.41, 5.74) is 0.843. The van der Waals surface area contributed by atoms with Gasteiger partial charge in [-0.2, -0.15) is 0 Å². The van der Waals surface area contributed by atoms with Gasteiger partial charge in [0.05, 0.1) is 11.7 Å². The number of urea groups is 1. The predicted molar refractivity (Wildman–Crippen MR) is 80.4 cm³/mol. The molecule has 2 amide bonds. The number of carbonyl (C=O) groups is 2. The van der Waals surface area contributed by atoms with Crippen LogP contribution in [0.25, 0.3) is 11.0 Å². The summed E-state index contributed by atoms with van der Waals surface area (Å²) in [4.78, 5) is 24.9. The number of aliphatic carboxylic acids is 1. The highest BCUT2D eigenvalue weighted by Gasteiger charge is 2.42. The maximum atomic E-state index is 12.2. The summed E-state index contributed by atoms with van der Waals surface area (Å²) in [6, 6.07) is 7.39. The van der Waals surface area contributed by atoms with Crippen molar-refractivity contribution in [3.63, 3.8) is 0 Å². The van der Waals surface area contributed by atoms with Crippen LogP contribution in [-0.4, -0.2) is 35.1 Å². The van der Waals surface area contributed by atoms with Crippen molar-refractivity contribution in [2.24, 2.45) is 5.41 Å². The zero-order valence-corrected chi connectivity index (χ0v) is 12.3. The zero-order chi connectivity index (χ0) is 15.7. The number of benzene rings is 1. The van der Waals surface area contributed by atoms with Gasteiger partial charge < -0.3 is 19.7 Å². The monoisotopic (exact) mass is 302 g/mol. The second-order valence-corrected chi connectivity index (χ2v) is 5.95. The molecule has 0 bridgehead atoms. The molecule has 2 aromatic rings. The summed E-state index contributed by atoms with van der Waals surface area (Å²) in [5, 5.41) is 13.0. The van der Waals surface area contributed by atoms with Crippen LogP contribution >= 0.6 is 0 Å². The number of fused-ring (bicyclic) bond motifs is 1. The van der Waals surface area contributed by atoms with E-state index in [1.165, 1.54) is 0 Å². The largest absolute Gasteiger partial charge is 0.481 e. The Hall–Kier alpha value is -2.50. The molecule has 1 atom stereocenters. The van der Waals surface area contributed by atoms with Crippen LogP contribution < -0.4 is 5.32 Å². The number of carboxylic acids is 1. The predicted octanol–water partition coefficient (Wildman–Crippen LogP) is 2.44. The van der Waals surface area contributed by atoms with Crippen molar-refractivity contribution in [1.82, 2.24) is 10.2 Å².